The topological polar surface area (TPSA) is 92.9 Å². The van der Waals surface area contributed by atoms with Crippen molar-refractivity contribution in [1.29, 1.82) is 0 Å². The Bertz CT molecular complexity index is 394. The predicted molar refractivity (Wildman–Crippen MR) is 72.2 cm³/mol. The quantitative estimate of drug-likeness (QED) is 0.671. The Labute approximate surface area is 107 Å². The first-order valence-electron chi connectivity index (χ1n) is 6.29. The highest BCUT2D eigenvalue weighted by atomic mass is 16.1. The van der Waals surface area contributed by atoms with Gasteiger partial charge >= 0.3 is 0 Å². The van der Waals surface area contributed by atoms with E-state index in [1.54, 1.807) is 6.07 Å². The number of rotatable bonds is 7. The van der Waals surface area contributed by atoms with Crippen molar-refractivity contribution < 1.29 is 4.79 Å². The predicted octanol–water partition coefficient (Wildman–Crippen LogP) is 0.949. The van der Waals surface area contributed by atoms with Crippen LogP contribution in [0.1, 0.15) is 32.5 Å². The van der Waals surface area contributed by atoms with E-state index in [4.69, 9.17) is 5.73 Å². The summed E-state index contributed by atoms with van der Waals surface area (Å²) in [6.07, 6.45) is 2.10. The van der Waals surface area contributed by atoms with Crippen LogP contribution in [0.2, 0.25) is 0 Å². The lowest BCUT2D eigenvalue weighted by Crippen LogP contribution is -2.26. The minimum Gasteiger partial charge on any atom is -0.384 e. The first kappa shape index (κ1) is 14.2. The molecule has 0 aliphatic heterocycles. The molecule has 0 radical (unpaired) electrons. The van der Waals surface area contributed by atoms with Gasteiger partial charge in [-0.1, -0.05) is 13.8 Å². The third-order valence-electron chi connectivity index (χ3n) is 2.34. The van der Waals surface area contributed by atoms with Gasteiger partial charge in [0, 0.05) is 32.0 Å². The number of nitrogens with two attached hydrogens (primary N) is 1. The number of nitrogens with zero attached hydrogens (tertiary/aromatic N) is 2. The number of hydrogen-bond acceptors (Lipinski definition) is 5. The first-order chi connectivity index (χ1) is 8.65. The lowest BCUT2D eigenvalue weighted by Gasteiger charge is -2.08. The summed E-state index contributed by atoms with van der Waals surface area (Å²) < 4.78 is 0. The highest BCUT2D eigenvalue weighted by molar-refractivity contribution is 5.76. The molecule has 0 unspecified atom stereocenters. The van der Waals surface area contributed by atoms with Gasteiger partial charge in [0.25, 0.3) is 0 Å². The maximum Gasteiger partial charge on any atom is 0.221 e. The molecule has 0 atom stereocenters. The molecule has 0 saturated carbocycles. The molecule has 0 aliphatic carbocycles. The Morgan fingerprint density at radius 2 is 2.11 bits per heavy atom. The van der Waals surface area contributed by atoms with Crippen LogP contribution in [0.15, 0.2) is 6.07 Å². The van der Waals surface area contributed by atoms with E-state index in [9.17, 15) is 4.79 Å². The number of amides is 1. The summed E-state index contributed by atoms with van der Waals surface area (Å²) in [4.78, 5) is 19.7. The maximum atomic E-state index is 11.4. The summed E-state index contributed by atoms with van der Waals surface area (Å²) in [7, 11) is 0. The number of nitrogen functional groups attached to an aromatic ring is 1. The van der Waals surface area contributed by atoms with Crippen LogP contribution in [0.25, 0.3) is 0 Å². The third-order valence-corrected chi connectivity index (χ3v) is 2.34. The van der Waals surface area contributed by atoms with Gasteiger partial charge in [0.1, 0.15) is 17.5 Å². The lowest BCUT2D eigenvalue weighted by molar-refractivity contribution is -0.120. The standard InChI is InChI=1S/C12H21N5O/c1-3-6-15-12(18)5-7-14-11-8-9(13)16-10(4-2)17-11/h8H,3-7H2,1-2H3,(H,15,18)(H3,13,14,16,17). The number of carbonyl (C=O) groups excluding carboxylic acids is 1. The van der Waals surface area contributed by atoms with Gasteiger partial charge in [-0.3, -0.25) is 4.79 Å². The number of carbonyl (C=O) groups is 1. The number of aromatic nitrogens is 2. The van der Waals surface area contributed by atoms with Gasteiger partial charge in [-0.05, 0) is 6.42 Å². The van der Waals surface area contributed by atoms with E-state index in [0.717, 1.165) is 19.4 Å². The molecule has 1 amide bonds. The van der Waals surface area contributed by atoms with Gasteiger partial charge in [-0.15, -0.1) is 0 Å². The second-order valence-corrected chi connectivity index (χ2v) is 3.97. The highest BCUT2D eigenvalue weighted by Crippen LogP contribution is 2.08. The smallest absolute Gasteiger partial charge is 0.221 e. The van der Waals surface area contributed by atoms with Crippen molar-refractivity contribution in [2.75, 3.05) is 24.1 Å². The van der Waals surface area contributed by atoms with Crippen LogP contribution >= 0.6 is 0 Å². The van der Waals surface area contributed by atoms with Crippen molar-refractivity contribution in [3.63, 3.8) is 0 Å². The Morgan fingerprint density at radius 1 is 1.33 bits per heavy atom. The average Bonchev–Trinajstić information content (AvgIpc) is 2.35. The van der Waals surface area contributed by atoms with Crippen LogP contribution in [0.3, 0.4) is 0 Å². The molecule has 0 spiro atoms. The fourth-order valence-electron chi connectivity index (χ4n) is 1.42. The van der Waals surface area contributed by atoms with E-state index in [1.165, 1.54) is 0 Å². The van der Waals surface area contributed by atoms with E-state index in [2.05, 4.69) is 20.6 Å². The largest absolute Gasteiger partial charge is 0.384 e. The molecule has 0 aromatic carbocycles. The van der Waals surface area contributed by atoms with Crippen molar-refractivity contribution in [2.45, 2.75) is 33.1 Å². The minimum absolute atomic E-state index is 0.0436. The molecule has 0 fully saturated rings. The molecule has 1 rings (SSSR count). The van der Waals surface area contributed by atoms with Gasteiger partial charge in [0.05, 0.1) is 0 Å². The zero-order valence-electron chi connectivity index (χ0n) is 11.0. The molecular weight excluding hydrogens is 230 g/mol. The van der Waals surface area contributed by atoms with Crippen LogP contribution in [0, 0.1) is 0 Å². The fraction of sp³-hybridized carbons (Fsp3) is 0.583. The van der Waals surface area contributed by atoms with E-state index >= 15 is 0 Å². The molecule has 18 heavy (non-hydrogen) atoms. The fourth-order valence-corrected chi connectivity index (χ4v) is 1.42. The van der Waals surface area contributed by atoms with E-state index in [1.807, 2.05) is 13.8 Å². The number of aryl methyl sites for hydroxylation is 1. The van der Waals surface area contributed by atoms with E-state index in [-0.39, 0.29) is 5.91 Å². The highest BCUT2D eigenvalue weighted by Gasteiger charge is 2.03. The molecule has 6 heteroatoms. The molecule has 0 bridgehead atoms. The summed E-state index contributed by atoms with van der Waals surface area (Å²) in [5.41, 5.74) is 5.66. The average molecular weight is 251 g/mol. The third kappa shape index (κ3) is 4.99. The van der Waals surface area contributed by atoms with Crippen LogP contribution in [0.4, 0.5) is 11.6 Å². The second-order valence-electron chi connectivity index (χ2n) is 3.97. The summed E-state index contributed by atoms with van der Waals surface area (Å²) in [6.45, 7) is 5.25. The molecule has 4 N–H and O–H groups in total. The summed E-state index contributed by atoms with van der Waals surface area (Å²) in [5.74, 6) is 1.86. The summed E-state index contributed by atoms with van der Waals surface area (Å²) in [5, 5.41) is 5.89. The van der Waals surface area contributed by atoms with Gasteiger partial charge in [0.2, 0.25) is 5.91 Å². The second kappa shape index (κ2) is 7.47. The van der Waals surface area contributed by atoms with Crippen LogP contribution in [-0.2, 0) is 11.2 Å². The van der Waals surface area contributed by atoms with E-state index < -0.39 is 0 Å². The van der Waals surface area contributed by atoms with Crippen molar-refractivity contribution in [1.82, 2.24) is 15.3 Å². The van der Waals surface area contributed by atoms with Crippen LogP contribution in [-0.4, -0.2) is 29.0 Å². The van der Waals surface area contributed by atoms with Gasteiger partial charge < -0.3 is 16.4 Å². The molecule has 1 aromatic heterocycles. The zero-order chi connectivity index (χ0) is 13.4. The monoisotopic (exact) mass is 251 g/mol. The first-order valence-corrected chi connectivity index (χ1v) is 6.29. The SMILES string of the molecule is CCCNC(=O)CCNc1cc(N)nc(CC)n1. The van der Waals surface area contributed by atoms with Crippen LogP contribution in [0.5, 0.6) is 0 Å². The molecule has 6 nitrogen and oxygen atoms in total. The molecule has 0 saturated heterocycles. The van der Waals surface area contributed by atoms with Crippen molar-refractivity contribution >= 4 is 17.5 Å². The van der Waals surface area contributed by atoms with Gasteiger partial charge in [-0.2, -0.15) is 0 Å². The van der Waals surface area contributed by atoms with Gasteiger partial charge in [0.15, 0.2) is 0 Å². The minimum atomic E-state index is 0.0436. The molecule has 100 valence electrons. The Balaban J connectivity index is 2.39. The zero-order valence-corrected chi connectivity index (χ0v) is 11.0. The Kier molecular flexibility index (Phi) is 5.90. The van der Waals surface area contributed by atoms with Crippen molar-refractivity contribution in [2.24, 2.45) is 0 Å². The maximum absolute atomic E-state index is 11.4. The summed E-state index contributed by atoms with van der Waals surface area (Å²) in [6, 6.07) is 1.67. The van der Waals surface area contributed by atoms with Gasteiger partial charge in [-0.25, -0.2) is 9.97 Å². The Hall–Kier alpha value is -1.85. The Morgan fingerprint density at radius 3 is 2.78 bits per heavy atom. The number of hydrogen-bond donors (Lipinski definition) is 3. The lowest BCUT2D eigenvalue weighted by atomic mass is 10.3. The normalized spacial score (nSPS) is 10.1. The molecule has 0 aliphatic rings. The van der Waals surface area contributed by atoms with Crippen molar-refractivity contribution in [3.8, 4) is 0 Å². The number of nitrogens with one attached hydrogen (secondary N) is 2. The molecule has 1 heterocycles. The van der Waals surface area contributed by atoms with E-state index in [0.29, 0.717) is 30.4 Å². The van der Waals surface area contributed by atoms with Crippen molar-refractivity contribution in [3.05, 3.63) is 11.9 Å². The number of anilines is 2. The molecular formula is C12H21N5O. The van der Waals surface area contributed by atoms with Crippen LogP contribution < -0.4 is 16.4 Å². The molecule has 1 aromatic rings. The summed E-state index contributed by atoms with van der Waals surface area (Å²) >= 11 is 0.